The summed E-state index contributed by atoms with van der Waals surface area (Å²) in [6, 6.07) is 14.8. The number of rotatable bonds is 7. The van der Waals surface area contributed by atoms with Gasteiger partial charge in [-0.25, -0.2) is 0 Å². The van der Waals surface area contributed by atoms with Gasteiger partial charge in [-0.05, 0) is 56.8 Å². The molecule has 1 aliphatic rings. The van der Waals surface area contributed by atoms with Gasteiger partial charge in [0.15, 0.2) is 5.96 Å². The zero-order valence-corrected chi connectivity index (χ0v) is 18.9. The summed E-state index contributed by atoms with van der Waals surface area (Å²) in [6.07, 6.45) is 4.06. The van der Waals surface area contributed by atoms with Crippen LogP contribution in [-0.4, -0.2) is 67.6 Å². The predicted molar refractivity (Wildman–Crippen MR) is 125 cm³/mol. The first-order valence-corrected chi connectivity index (χ1v) is 10.9. The normalized spacial score (nSPS) is 17.2. The van der Waals surface area contributed by atoms with Gasteiger partial charge in [-0.15, -0.1) is 0 Å². The molecule has 0 saturated carbocycles. The van der Waals surface area contributed by atoms with Crippen LogP contribution in [0.15, 0.2) is 53.7 Å². The number of aliphatic imine (C=N–C) groups is 1. The van der Waals surface area contributed by atoms with Crippen LogP contribution in [0.25, 0.3) is 0 Å². The third kappa shape index (κ3) is 6.69. The first kappa shape index (κ1) is 22.5. The van der Waals surface area contributed by atoms with Gasteiger partial charge in [-0.3, -0.25) is 14.9 Å². The lowest BCUT2D eigenvalue weighted by Gasteiger charge is -2.33. The van der Waals surface area contributed by atoms with Crippen molar-refractivity contribution in [3.63, 3.8) is 0 Å². The number of nitrogens with zero attached hydrogens (tertiary/aromatic N) is 4. The molecule has 1 unspecified atom stereocenters. The Hall–Kier alpha value is -2.15. The third-order valence-corrected chi connectivity index (χ3v) is 5.86. The number of nitrogens with one attached hydrogen (secondary N) is 2. The second-order valence-corrected chi connectivity index (χ2v) is 8.44. The number of hydrogen-bond acceptors (Lipinski definition) is 4. The number of hydrogen-bond donors (Lipinski definition) is 2. The monoisotopic (exact) mass is 428 g/mol. The van der Waals surface area contributed by atoms with Crippen molar-refractivity contribution in [1.82, 2.24) is 25.4 Å². The summed E-state index contributed by atoms with van der Waals surface area (Å²) < 4.78 is 0. The third-order valence-electron chi connectivity index (χ3n) is 5.60. The molecule has 0 spiro atoms. The van der Waals surface area contributed by atoms with Gasteiger partial charge in [0, 0.05) is 50.5 Å². The van der Waals surface area contributed by atoms with Crippen molar-refractivity contribution >= 4 is 17.6 Å². The smallest absolute Gasteiger partial charge is 0.191 e. The highest BCUT2D eigenvalue weighted by Gasteiger charge is 2.21. The lowest BCUT2D eigenvalue weighted by Crippen LogP contribution is -2.49. The minimum absolute atomic E-state index is 0.237. The quantitative estimate of drug-likeness (QED) is 0.524. The zero-order chi connectivity index (χ0) is 21.3. The van der Waals surface area contributed by atoms with E-state index >= 15 is 0 Å². The molecule has 2 heterocycles. The molecule has 1 saturated heterocycles. The lowest BCUT2D eigenvalue weighted by atomic mass is 10.0. The van der Waals surface area contributed by atoms with E-state index in [2.05, 4.69) is 68.8 Å². The van der Waals surface area contributed by atoms with Crippen LogP contribution < -0.4 is 10.6 Å². The Morgan fingerprint density at radius 3 is 2.53 bits per heavy atom. The van der Waals surface area contributed by atoms with Crippen LogP contribution in [0.1, 0.15) is 30.1 Å². The summed E-state index contributed by atoms with van der Waals surface area (Å²) in [4.78, 5) is 13.6. The van der Waals surface area contributed by atoms with Crippen molar-refractivity contribution in [2.75, 3.05) is 40.8 Å². The Labute approximate surface area is 185 Å². The number of aromatic nitrogens is 1. The van der Waals surface area contributed by atoms with E-state index in [0.717, 1.165) is 55.7 Å². The highest BCUT2D eigenvalue weighted by atomic mass is 35.5. The molecule has 1 atom stereocenters. The number of likely N-dealkylation sites (N-methyl/N-ethyl adjacent to an activating group) is 1. The largest absolute Gasteiger partial charge is 0.354 e. The standard InChI is InChI=1S/C23H33ClN6/c1-25-23(27-16-22(29(2)3)18-7-9-19(24)10-8-18)28-20-11-14-30(15-12-20)17-21-6-4-5-13-26-21/h4-10,13,20,22H,11-12,14-17H2,1-3H3,(H2,25,27,28). The average Bonchev–Trinajstić information content (AvgIpc) is 2.76. The minimum atomic E-state index is 0.237. The summed E-state index contributed by atoms with van der Waals surface area (Å²) in [7, 11) is 6.02. The van der Waals surface area contributed by atoms with E-state index in [4.69, 9.17) is 11.6 Å². The first-order valence-electron chi connectivity index (χ1n) is 10.6. The van der Waals surface area contributed by atoms with Crippen molar-refractivity contribution < 1.29 is 0 Å². The SMILES string of the molecule is CN=C(NCC(c1ccc(Cl)cc1)N(C)C)NC1CCN(Cc2ccccn2)CC1. The Morgan fingerprint density at radius 1 is 1.20 bits per heavy atom. The molecular weight excluding hydrogens is 396 g/mol. The van der Waals surface area contributed by atoms with Crippen LogP contribution >= 0.6 is 11.6 Å². The molecule has 1 fully saturated rings. The van der Waals surface area contributed by atoms with E-state index in [1.807, 2.05) is 31.4 Å². The second-order valence-electron chi connectivity index (χ2n) is 8.00. The van der Waals surface area contributed by atoms with E-state index in [-0.39, 0.29) is 6.04 Å². The second kappa shape index (κ2) is 11.3. The number of benzene rings is 1. The molecule has 1 aromatic heterocycles. The van der Waals surface area contributed by atoms with Crippen LogP contribution in [0.4, 0.5) is 0 Å². The average molecular weight is 429 g/mol. The van der Waals surface area contributed by atoms with Crippen molar-refractivity contribution in [2.24, 2.45) is 4.99 Å². The number of guanidine groups is 1. The predicted octanol–water partition coefficient (Wildman–Crippen LogP) is 3.17. The summed E-state index contributed by atoms with van der Waals surface area (Å²) in [6.45, 7) is 3.83. The fourth-order valence-electron chi connectivity index (χ4n) is 3.82. The van der Waals surface area contributed by atoms with Crippen LogP contribution in [0.3, 0.4) is 0 Å². The Balaban J connectivity index is 1.47. The van der Waals surface area contributed by atoms with Gasteiger partial charge in [-0.1, -0.05) is 29.8 Å². The summed E-state index contributed by atoms with van der Waals surface area (Å²) in [5.74, 6) is 0.860. The number of piperidine rings is 1. The van der Waals surface area contributed by atoms with Crippen LogP contribution in [0, 0.1) is 0 Å². The first-order chi connectivity index (χ1) is 14.5. The van der Waals surface area contributed by atoms with E-state index in [0.29, 0.717) is 6.04 Å². The molecule has 0 bridgehead atoms. The van der Waals surface area contributed by atoms with Gasteiger partial charge in [0.25, 0.3) is 0 Å². The van der Waals surface area contributed by atoms with Gasteiger partial charge in [0.2, 0.25) is 0 Å². The fraction of sp³-hybridized carbons (Fsp3) is 0.478. The number of halogens is 1. The molecule has 2 aromatic rings. The molecule has 0 radical (unpaired) electrons. The summed E-state index contributed by atoms with van der Waals surface area (Å²) in [5, 5.41) is 7.87. The molecule has 6 nitrogen and oxygen atoms in total. The molecule has 3 rings (SSSR count). The van der Waals surface area contributed by atoms with Gasteiger partial charge >= 0.3 is 0 Å². The molecular formula is C23H33ClN6. The van der Waals surface area contributed by atoms with Crippen molar-refractivity contribution in [3.05, 3.63) is 64.9 Å². The van der Waals surface area contributed by atoms with Gasteiger partial charge in [-0.2, -0.15) is 0 Å². The highest BCUT2D eigenvalue weighted by Crippen LogP contribution is 2.20. The van der Waals surface area contributed by atoms with Gasteiger partial charge < -0.3 is 15.5 Å². The van der Waals surface area contributed by atoms with Crippen LogP contribution in [-0.2, 0) is 6.54 Å². The number of pyridine rings is 1. The Morgan fingerprint density at radius 2 is 1.93 bits per heavy atom. The zero-order valence-electron chi connectivity index (χ0n) is 18.2. The van der Waals surface area contributed by atoms with Crippen molar-refractivity contribution in [2.45, 2.75) is 31.5 Å². The molecule has 1 aromatic carbocycles. The molecule has 0 amide bonds. The van der Waals surface area contributed by atoms with E-state index in [1.54, 1.807) is 0 Å². The highest BCUT2D eigenvalue weighted by molar-refractivity contribution is 6.30. The van der Waals surface area contributed by atoms with Crippen molar-refractivity contribution in [3.8, 4) is 0 Å². The maximum atomic E-state index is 6.04. The van der Waals surface area contributed by atoms with Crippen LogP contribution in [0.5, 0.6) is 0 Å². The fourth-order valence-corrected chi connectivity index (χ4v) is 3.95. The Kier molecular flexibility index (Phi) is 8.49. The molecule has 1 aliphatic heterocycles. The molecule has 30 heavy (non-hydrogen) atoms. The maximum absolute atomic E-state index is 6.04. The Bertz CT molecular complexity index is 785. The van der Waals surface area contributed by atoms with Gasteiger partial charge in [0.1, 0.15) is 0 Å². The summed E-state index contributed by atoms with van der Waals surface area (Å²) in [5.41, 5.74) is 2.37. The van der Waals surface area contributed by atoms with Gasteiger partial charge in [0.05, 0.1) is 11.7 Å². The van der Waals surface area contributed by atoms with E-state index < -0.39 is 0 Å². The maximum Gasteiger partial charge on any atom is 0.191 e. The minimum Gasteiger partial charge on any atom is -0.354 e. The molecule has 0 aliphatic carbocycles. The molecule has 162 valence electrons. The molecule has 2 N–H and O–H groups in total. The lowest BCUT2D eigenvalue weighted by molar-refractivity contribution is 0.196. The summed E-state index contributed by atoms with van der Waals surface area (Å²) >= 11 is 6.04. The molecule has 7 heteroatoms. The topological polar surface area (TPSA) is 55.8 Å². The van der Waals surface area contributed by atoms with E-state index in [1.165, 1.54) is 5.56 Å². The van der Waals surface area contributed by atoms with Crippen molar-refractivity contribution in [1.29, 1.82) is 0 Å². The van der Waals surface area contributed by atoms with E-state index in [9.17, 15) is 0 Å². The number of likely N-dealkylation sites (tertiary alicyclic amines) is 1. The van der Waals surface area contributed by atoms with Crippen LogP contribution in [0.2, 0.25) is 5.02 Å².